The van der Waals surface area contributed by atoms with Crippen LogP contribution in [0.15, 0.2) is 22.6 Å². The molecule has 3 heterocycles. The Morgan fingerprint density at radius 2 is 1.92 bits per heavy atom. The fraction of sp³-hybridized carbons (Fsp3) is 0.500. The molecule has 7 nitrogen and oxygen atoms in total. The van der Waals surface area contributed by atoms with E-state index in [0.29, 0.717) is 36.9 Å². The summed E-state index contributed by atoms with van der Waals surface area (Å²) >= 11 is 0. The molecule has 25 heavy (non-hydrogen) atoms. The summed E-state index contributed by atoms with van der Waals surface area (Å²) < 4.78 is 11.1. The van der Waals surface area contributed by atoms with Crippen LogP contribution in [0.5, 0.6) is 5.88 Å². The molecule has 3 rings (SSSR count). The second kappa shape index (κ2) is 7.65. The summed E-state index contributed by atoms with van der Waals surface area (Å²) in [7, 11) is 0. The summed E-state index contributed by atoms with van der Waals surface area (Å²) in [4.78, 5) is 16.8. The van der Waals surface area contributed by atoms with Gasteiger partial charge in [-0.25, -0.2) is 0 Å². The van der Waals surface area contributed by atoms with Gasteiger partial charge in [-0.05, 0) is 32.9 Å². The van der Waals surface area contributed by atoms with Crippen LogP contribution in [-0.4, -0.2) is 65.2 Å². The van der Waals surface area contributed by atoms with E-state index in [-0.39, 0.29) is 5.91 Å². The van der Waals surface area contributed by atoms with Crippen molar-refractivity contribution in [2.45, 2.75) is 20.8 Å². The highest BCUT2D eigenvalue weighted by Crippen LogP contribution is 2.17. The molecule has 2 aromatic heterocycles. The number of nitrogens with zero attached hydrogens (tertiary/aromatic N) is 4. The first kappa shape index (κ1) is 17.4. The van der Waals surface area contributed by atoms with Crippen LogP contribution in [0.25, 0.3) is 0 Å². The largest absolute Gasteiger partial charge is 0.475 e. The molecule has 1 aliphatic heterocycles. The van der Waals surface area contributed by atoms with Crippen molar-refractivity contribution in [3.8, 4) is 5.88 Å². The molecule has 0 unspecified atom stereocenters. The molecule has 1 amide bonds. The number of amides is 1. The van der Waals surface area contributed by atoms with Crippen molar-refractivity contribution in [1.82, 2.24) is 20.0 Å². The number of ether oxygens (including phenoxy) is 1. The summed E-state index contributed by atoms with van der Waals surface area (Å²) in [6, 6.07) is 5.53. The molecule has 0 spiro atoms. The van der Waals surface area contributed by atoms with E-state index in [0.717, 1.165) is 31.1 Å². The SMILES string of the molecule is Cc1ccc(OCCN2CCN(C(=O)c3cc(C)oc3C)CC2)nn1. The molecule has 0 aromatic carbocycles. The Hall–Kier alpha value is -2.41. The highest BCUT2D eigenvalue weighted by atomic mass is 16.5. The van der Waals surface area contributed by atoms with Crippen LogP contribution >= 0.6 is 0 Å². The number of hydrogen-bond acceptors (Lipinski definition) is 6. The summed E-state index contributed by atoms with van der Waals surface area (Å²) in [6.45, 7) is 10.1. The molecule has 1 aliphatic rings. The normalized spacial score (nSPS) is 15.4. The second-order valence-corrected chi connectivity index (χ2v) is 6.32. The maximum absolute atomic E-state index is 12.6. The topological polar surface area (TPSA) is 71.7 Å². The minimum atomic E-state index is 0.0557. The first-order valence-corrected chi connectivity index (χ1v) is 8.55. The molecule has 7 heteroatoms. The zero-order valence-corrected chi connectivity index (χ0v) is 15.0. The molecular weight excluding hydrogens is 320 g/mol. The van der Waals surface area contributed by atoms with Crippen LogP contribution in [0.1, 0.15) is 27.6 Å². The Morgan fingerprint density at radius 3 is 2.52 bits per heavy atom. The van der Waals surface area contributed by atoms with Crippen LogP contribution in [0.2, 0.25) is 0 Å². The van der Waals surface area contributed by atoms with Gasteiger partial charge >= 0.3 is 0 Å². The van der Waals surface area contributed by atoms with Gasteiger partial charge < -0.3 is 14.1 Å². The van der Waals surface area contributed by atoms with Gasteiger partial charge in [0, 0.05) is 38.8 Å². The molecule has 2 aromatic rings. The van der Waals surface area contributed by atoms with Crippen molar-refractivity contribution in [3.05, 3.63) is 41.0 Å². The number of rotatable bonds is 5. The molecular formula is C18H24N4O3. The molecule has 1 saturated heterocycles. The van der Waals surface area contributed by atoms with Gasteiger partial charge in [-0.3, -0.25) is 9.69 Å². The quantitative estimate of drug-likeness (QED) is 0.824. The number of aromatic nitrogens is 2. The molecule has 0 N–H and O–H groups in total. The fourth-order valence-corrected chi connectivity index (χ4v) is 2.93. The van der Waals surface area contributed by atoms with E-state index in [2.05, 4.69) is 15.1 Å². The average molecular weight is 344 g/mol. The number of hydrogen-bond donors (Lipinski definition) is 0. The number of piperazine rings is 1. The van der Waals surface area contributed by atoms with E-state index < -0.39 is 0 Å². The summed E-state index contributed by atoms with van der Waals surface area (Å²) in [5, 5.41) is 7.96. The Kier molecular flexibility index (Phi) is 5.33. The van der Waals surface area contributed by atoms with E-state index in [1.807, 2.05) is 43.9 Å². The van der Waals surface area contributed by atoms with Crippen molar-refractivity contribution >= 4 is 5.91 Å². The summed E-state index contributed by atoms with van der Waals surface area (Å²) in [5.41, 5.74) is 1.54. The summed E-state index contributed by atoms with van der Waals surface area (Å²) in [5.74, 6) is 2.07. The smallest absolute Gasteiger partial charge is 0.257 e. The van der Waals surface area contributed by atoms with E-state index in [4.69, 9.17) is 9.15 Å². The van der Waals surface area contributed by atoms with Crippen LogP contribution in [0, 0.1) is 20.8 Å². The zero-order chi connectivity index (χ0) is 17.8. The number of carbonyl (C=O) groups is 1. The molecule has 0 radical (unpaired) electrons. The molecule has 0 bridgehead atoms. The first-order chi connectivity index (χ1) is 12.0. The van der Waals surface area contributed by atoms with Gasteiger partial charge in [0.05, 0.1) is 11.3 Å². The third kappa shape index (κ3) is 4.36. The Bertz CT molecular complexity index is 718. The lowest BCUT2D eigenvalue weighted by Gasteiger charge is -2.34. The standard InChI is InChI=1S/C18H24N4O3/c1-13-4-5-17(20-19-13)24-11-10-21-6-8-22(9-7-21)18(23)16-12-14(2)25-15(16)3/h4-5,12H,6-11H2,1-3H3. The number of carbonyl (C=O) groups excluding carboxylic acids is 1. The van der Waals surface area contributed by atoms with Crippen molar-refractivity contribution in [2.24, 2.45) is 0 Å². The average Bonchev–Trinajstić information content (AvgIpc) is 2.95. The predicted molar refractivity (Wildman–Crippen MR) is 92.8 cm³/mol. The molecule has 0 atom stereocenters. The molecule has 0 aliphatic carbocycles. The summed E-state index contributed by atoms with van der Waals surface area (Å²) in [6.07, 6.45) is 0. The third-order valence-corrected chi connectivity index (χ3v) is 4.36. The van der Waals surface area contributed by atoms with Crippen LogP contribution in [-0.2, 0) is 0 Å². The minimum Gasteiger partial charge on any atom is -0.475 e. The maximum atomic E-state index is 12.6. The van der Waals surface area contributed by atoms with E-state index in [1.54, 1.807) is 0 Å². The van der Waals surface area contributed by atoms with E-state index >= 15 is 0 Å². The maximum Gasteiger partial charge on any atom is 0.257 e. The predicted octanol–water partition coefficient (Wildman–Crippen LogP) is 1.83. The fourth-order valence-electron chi connectivity index (χ4n) is 2.93. The lowest BCUT2D eigenvalue weighted by atomic mass is 10.2. The zero-order valence-electron chi connectivity index (χ0n) is 15.0. The first-order valence-electron chi connectivity index (χ1n) is 8.55. The van der Waals surface area contributed by atoms with Crippen LogP contribution in [0.3, 0.4) is 0 Å². The van der Waals surface area contributed by atoms with E-state index in [9.17, 15) is 4.79 Å². The van der Waals surface area contributed by atoms with Crippen molar-refractivity contribution in [3.63, 3.8) is 0 Å². The Balaban J connectivity index is 1.43. The molecule has 0 saturated carbocycles. The lowest BCUT2D eigenvalue weighted by molar-refractivity contribution is 0.0617. The minimum absolute atomic E-state index is 0.0557. The van der Waals surface area contributed by atoms with Gasteiger partial charge in [0.1, 0.15) is 18.1 Å². The monoisotopic (exact) mass is 344 g/mol. The molecule has 1 fully saturated rings. The van der Waals surface area contributed by atoms with E-state index in [1.165, 1.54) is 0 Å². The van der Waals surface area contributed by atoms with Crippen molar-refractivity contribution in [1.29, 1.82) is 0 Å². The molecule has 134 valence electrons. The van der Waals surface area contributed by atoms with Gasteiger partial charge in [0.15, 0.2) is 0 Å². The van der Waals surface area contributed by atoms with Gasteiger partial charge in [0.25, 0.3) is 5.91 Å². The van der Waals surface area contributed by atoms with Gasteiger partial charge in [-0.2, -0.15) is 5.10 Å². The Morgan fingerprint density at radius 1 is 1.16 bits per heavy atom. The van der Waals surface area contributed by atoms with Crippen LogP contribution < -0.4 is 4.74 Å². The Labute approximate surface area is 147 Å². The van der Waals surface area contributed by atoms with Gasteiger partial charge in [0.2, 0.25) is 5.88 Å². The highest BCUT2D eigenvalue weighted by molar-refractivity contribution is 5.95. The number of furan rings is 1. The van der Waals surface area contributed by atoms with Gasteiger partial charge in [-0.1, -0.05) is 0 Å². The van der Waals surface area contributed by atoms with Crippen molar-refractivity contribution < 1.29 is 13.9 Å². The number of aryl methyl sites for hydroxylation is 3. The highest BCUT2D eigenvalue weighted by Gasteiger charge is 2.24. The van der Waals surface area contributed by atoms with Crippen LogP contribution in [0.4, 0.5) is 0 Å². The van der Waals surface area contributed by atoms with Gasteiger partial charge in [-0.15, -0.1) is 5.10 Å². The second-order valence-electron chi connectivity index (χ2n) is 6.32. The third-order valence-electron chi connectivity index (χ3n) is 4.36. The lowest BCUT2D eigenvalue weighted by Crippen LogP contribution is -2.49. The van der Waals surface area contributed by atoms with Crippen molar-refractivity contribution in [2.75, 3.05) is 39.3 Å².